The van der Waals surface area contributed by atoms with Gasteiger partial charge < -0.3 is 5.11 Å². The van der Waals surface area contributed by atoms with Crippen molar-refractivity contribution in [3.63, 3.8) is 0 Å². The standard InChI is InChI=1S/C11H14O3S/c1-11(2)7(8(11)9(12)13)5-6-3-4-15-10(6)14/h5,7-8H,3-4H2,1-2H3,(H,12,13)/b6-5+/t7?,8-/m0/s1. The molecule has 15 heavy (non-hydrogen) atoms. The van der Waals surface area contributed by atoms with E-state index in [1.54, 1.807) is 0 Å². The maximum atomic E-state index is 11.4. The van der Waals surface area contributed by atoms with Crippen LogP contribution in [0.15, 0.2) is 11.6 Å². The Balaban J connectivity index is 2.15. The van der Waals surface area contributed by atoms with Crippen LogP contribution in [0.4, 0.5) is 0 Å². The third kappa shape index (κ3) is 1.71. The Labute approximate surface area is 92.9 Å². The van der Waals surface area contributed by atoms with Crippen LogP contribution in [-0.2, 0) is 9.59 Å². The van der Waals surface area contributed by atoms with Gasteiger partial charge in [0.25, 0.3) is 0 Å². The highest BCUT2D eigenvalue weighted by molar-refractivity contribution is 8.14. The lowest BCUT2D eigenvalue weighted by Crippen LogP contribution is -2.03. The van der Waals surface area contributed by atoms with Crippen molar-refractivity contribution in [2.24, 2.45) is 17.3 Å². The topological polar surface area (TPSA) is 54.4 Å². The van der Waals surface area contributed by atoms with Gasteiger partial charge in [0, 0.05) is 11.3 Å². The predicted octanol–water partition coefficient (Wildman–Crippen LogP) is 1.93. The fourth-order valence-electron chi connectivity index (χ4n) is 2.28. The zero-order chi connectivity index (χ0) is 11.2. The lowest BCUT2D eigenvalue weighted by molar-refractivity contribution is -0.139. The van der Waals surface area contributed by atoms with Crippen LogP contribution in [0.2, 0.25) is 0 Å². The molecule has 0 radical (unpaired) electrons. The molecule has 1 aliphatic heterocycles. The van der Waals surface area contributed by atoms with Crippen LogP contribution in [0.5, 0.6) is 0 Å². The molecule has 1 saturated carbocycles. The van der Waals surface area contributed by atoms with E-state index in [9.17, 15) is 9.59 Å². The summed E-state index contributed by atoms with van der Waals surface area (Å²) < 4.78 is 0. The third-order valence-corrected chi connectivity index (χ3v) is 4.36. The minimum absolute atomic E-state index is 0.0349. The fourth-order valence-corrected chi connectivity index (χ4v) is 3.14. The largest absolute Gasteiger partial charge is 0.481 e. The summed E-state index contributed by atoms with van der Waals surface area (Å²) >= 11 is 1.33. The molecule has 1 N–H and O–H groups in total. The first-order valence-electron chi connectivity index (χ1n) is 5.05. The number of hydrogen-bond acceptors (Lipinski definition) is 3. The smallest absolute Gasteiger partial charge is 0.307 e. The second kappa shape index (κ2) is 3.37. The third-order valence-electron chi connectivity index (χ3n) is 3.42. The van der Waals surface area contributed by atoms with Gasteiger partial charge >= 0.3 is 5.97 Å². The number of carbonyl (C=O) groups excluding carboxylic acids is 1. The second-order valence-corrected chi connectivity index (χ2v) is 5.81. The van der Waals surface area contributed by atoms with Crippen LogP contribution >= 0.6 is 11.8 Å². The molecule has 0 aromatic heterocycles. The van der Waals surface area contributed by atoms with Crippen LogP contribution < -0.4 is 0 Å². The van der Waals surface area contributed by atoms with Crippen LogP contribution in [-0.4, -0.2) is 21.9 Å². The maximum Gasteiger partial charge on any atom is 0.307 e. The van der Waals surface area contributed by atoms with E-state index in [2.05, 4.69) is 0 Å². The van der Waals surface area contributed by atoms with E-state index >= 15 is 0 Å². The van der Waals surface area contributed by atoms with Gasteiger partial charge in [-0.2, -0.15) is 0 Å². The van der Waals surface area contributed by atoms with Crippen molar-refractivity contribution in [3.05, 3.63) is 11.6 Å². The van der Waals surface area contributed by atoms with Gasteiger partial charge in [-0.3, -0.25) is 9.59 Å². The van der Waals surface area contributed by atoms with Crippen LogP contribution in [0.25, 0.3) is 0 Å². The van der Waals surface area contributed by atoms with Gasteiger partial charge in [-0.05, 0) is 17.8 Å². The second-order valence-electron chi connectivity index (χ2n) is 4.74. The summed E-state index contributed by atoms with van der Waals surface area (Å²) in [5.74, 6) is -0.189. The van der Waals surface area contributed by atoms with Crippen molar-refractivity contribution in [2.45, 2.75) is 20.3 Å². The highest BCUT2D eigenvalue weighted by atomic mass is 32.2. The molecule has 0 aromatic carbocycles. The lowest BCUT2D eigenvalue weighted by atomic mass is 10.1. The molecule has 0 spiro atoms. The molecule has 0 aromatic rings. The molecule has 3 nitrogen and oxygen atoms in total. The van der Waals surface area contributed by atoms with Crippen molar-refractivity contribution in [2.75, 3.05) is 5.75 Å². The molecular weight excluding hydrogens is 212 g/mol. The quantitative estimate of drug-likeness (QED) is 0.731. The van der Waals surface area contributed by atoms with E-state index in [-0.39, 0.29) is 22.4 Å². The van der Waals surface area contributed by atoms with Crippen molar-refractivity contribution in [3.8, 4) is 0 Å². The SMILES string of the molecule is CC1(C)C(/C=C2\CCSC2=O)[C@H]1C(=O)O. The maximum absolute atomic E-state index is 11.4. The average molecular weight is 226 g/mol. The normalized spacial score (nSPS) is 35.9. The summed E-state index contributed by atoms with van der Waals surface area (Å²) in [6.45, 7) is 3.89. The Morgan fingerprint density at radius 3 is 2.67 bits per heavy atom. The number of carboxylic acid groups (broad SMARTS) is 1. The molecule has 2 aliphatic rings. The highest BCUT2D eigenvalue weighted by Gasteiger charge is 2.61. The van der Waals surface area contributed by atoms with Gasteiger partial charge in [0.15, 0.2) is 0 Å². The molecule has 1 heterocycles. The Hall–Kier alpha value is -0.770. The Morgan fingerprint density at radius 1 is 1.60 bits per heavy atom. The summed E-state index contributed by atoms with van der Waals surface area (Å²) in [7, 11) is 0. The van der Waals surface area contributed by atoms with E-state index in [1.807, 2.05) is 19.9 Å². The molecule has 2 rings (SSSR count). The van der Waals surface area contributed by atoms with Gasteiger partial charge in [0.1, 0.15) is 0 Å². The number of thioether (sulfide) groups is 1. The fraction of sp³-hybridized carbons (Fsp3) is 0.636. The molecular formula is C11H14O3S. The first-order chi connectivity index (χ1) is 6.94. The first kappa shape index (κ1) is 10.7. The zero-order valence-corrected chi connectivity index (χ0v) is 9.63. The molecule has 1 saturated heterocycles. The lowest BCUT2D eigenvalue weighted by Gasteiger charge is -1.97. The van der Waals surface area contributed by atoms with E-state index in [1.165, 1.54) is 11.8 Å². The predicted molar refractivity (Wildman–Crippen MR) is 58.6 cm³/mol. The van der Waals surface area contributed by atoms with Crippen LogP contribution in [0, 0.1) is 17.3 Å². The summed E-state index contributed by atoms with van der Waals surface area (Å²) in [6.07, 6.45) is 2.68. The molecule has 4 heteroatoms. The Morgan fingerprint density at radius 2 is 2.27 bits per heavy atom. The number of rotatable bonds is 2. The molecule has 0 amide bonds. The van der Waals surface area contributed by atoms with Crippen molar-refractivity contribution >= 4 is 22.8 Å². The highest BCUT2D eigenvalue weighted by Crippen LogP contribution is 2.59. The van der Waals surface area contributed by atoms with E-state index < -0.39 is 5.97 Å². The molecule has 82 valence electrons. The van der Waals surface area contributed by atoms with Crippen molar-refractivity contribution in [1.29, 1.82) is 0 Å². The molecule has 1 aliphatic carbocycles. The minimum atomic E-state index is -0.750. The Kier molecular flexibility index (Phi) is 2.41. The summed E-state index contributed by atoms with van der Waals surface area (Å²) in [6, 6.07) is 0. The average Bonchev–Trinajstić information content (AvgIpc) is 2.47. The van der Waals surface area contributed by atoms with E-state index in [0.717, 1.165) is 17.7 Å². The number of hydrogen-bond donors (Lipinski definition) is 1. The van der Waals surface area contributed by atoms with Gasteiger partial charge in [-0.1, -0.05) is 31.7 Å². The first-order valence-corrected chi connectivity index (χ1v) is 6.04. The summed E-state index contributed by atoms with van der Waals surface area (Å²) in [5, 5.41) is 9.11. The monoisotopic (exact) mass is 226 g/mol. The summed E-state index contributed by atoms with van der Waals surface area (Å²) in [5.41, 5.74) is 0.633. The van der Waals surface area contributed by atoms with Crippen LogP contribution in [0.3, 0.4) is 0 Å². The Bertz CT molecular complexity index is 357. The minimum Gasteiger partial charge on any atom is -0.481 e. The molecule has 0 bridgehead atoms. The van der Waals surface area contributed by atoms with Gasteiger partial charge in [-0.15, -0.1) is 0 Å². The molecule has 1 unspecified atom stereocenters. The van der Waals surface area contributed by atoms with Crippen molar-refractivity contribution < 1.29 is 14.7 Å². The number of allylic oxidation sites excluding steroid dienone is 1. The van der Waals surface area contributed by atoms with E-state index in [0.29, 0.717) is 0 Å². The van der Waals surface area contributed by atoms with Crippen molar-refractivity contribution in [1.82, 2.24) is 0 Å². The number of aliphatic carboxylic acids is 1. The zero-order valence-electron chi connectivity index (χ0n) is 8.82. The van der Waals surface area contributed by atoms with Gasteiger partial charge in [0.2, 0.25) is 5.12 Å². The number of carbonyl (C=O) groups is 2. The summed E-state index contributed by atoms with van der Waals surface area (Å²) in [4.78, 5) is 22.3. The molecule has 2 fully saturated rings. The van der Waals surface area contributed by atoms with Gasteiger partial charge in [-0.25, -0.2) is 0 Å². The van der Waals surface area contributed by atoms with Gasteiger partial charge in [0.05, 0.1) is 5.92 Å². The van der Waals surface area contributed by atoms with E-state index in [4.69, 9.17) is 5.11 Å². The number of carboxylic acids is 1. The van der Waals surface area contributed by atoms with Crippen LogP contribution in [0.1, 0.15) is 20.3 Å². The molecule has 2 atom stereocenters.